The number of carbonyl (C=O) groups excluding carboxylic acids is 1. The van der Waals surface area contributed by atoms with Gasteiger partial charge in [-0.05, 0) is 24.3 Å². The Morgan fingerprint density at radius 1 is 1.28 bits per heavy atom. The Hall–Kier alpha value is -3.18. The van der Waals surface area contributed by atoms with Gasteiger partial charge in [0.2, 0.25) is 10.0 Å². The van der Waals surface area contributed by atoms with Gasteiger partial charge in [-0.15, -0.1) is 0 Å². The normalized spacial score (nSPS) is 13.2. The van der Waals surface area contributed by atoms with Crippen LogP contribution in [0, 0.1) is 10.1 Å². The summed E-state index contributed by atoms with van der Waals surface area (Å²) in [6, 6.07) is 8.42. The van der Waals surface area contributed by atoms with Crippen LogP contribution in [0.5, 0.6) is 5.75 Å². The first-order valence-corrected chi connectivity index (χ1v) is 10.2. The monoisotopic (exact) mass is 422 g/mol. The van der Waals surface area contributed by atoms with Crippen molar-refractivity contribution in [1.82, 2.24) is 0 Å². The number of rotatable bonds is 6. The first kappa shape index (κ1) is 20.6. The van der Waals surface area contributed by atoms with Crippen LogP contribution in [0.1, 0.15) is 21.5 Å². The van der Waals surface area contributed by atoms with E-state index in [1.165, 1.54) is 43.5 Å². The molecule has 1 aliphatic heterocycles. The fraction of sp³-hybridized carbons (Fsp3) is 0.278. The molecule has 10 nitrogen and oxygen atoms in total. The van der Waals surface area contributed by atoms with Gasteiger partial charge in [-0.3, -0.25) is 14.4 Å². The number of benzene rings is 2. The number of carbonyl (C=O) groups is 1. The van der Waals surface area contributed by atoms with Crippen molar-refractivity contribution in [2.75, 3.05) is 24.5 Å². The zero-order valence-electron chi connectivity index (χ0n) is 15.7. The summed E-state index contributed by atoms with van der Waals surface area (Å²) in [5.74, 6) is -0.190. The summed E-state index contributed by atoms with van der Waals surface area (Å²) in [5.41, 5.74) is 1.16. The second-order valence-corrected chi connectivity index (χ2v) is 8.18. The molecular weight excluding hydrogens is 404 g/mol. The van der Waals surface area contributed by atoms with E-state index >= 15 is 0 Å². The van der Waals surface area contributed by atoms with Gasteiger partial charge in [0.15, 0.2) is 6.79 Å². The van der Waals surface area contributed by atoms with Crippen LogP contribution in [-0.4, -0.2) is 39.5 Å². The lowest BCUT2D eigenvalue weighted by molar-refractivity contribution is -0.385. The van der Waals surface area contributed by atoms with Gasteiger partial charge >= 0.3 is 5.97 Å². The van der Waals surface area contributed by atoms with Crippen LogP contribution >= 0.6 is 0 Å². The van der Waals surface area contributed by atoms with E-state index < -0.39 is 20.9 Å². The summed E-state index contributed by atoms with van der Waals surface area (Å²) in [6.07, 6.45) is 1.02. The number of nitro groups is 1. The third-order valence-electron chi connectivity index (χ3n) is 4.27. The number of hydrogen-bond donors (Lipinski definition) is 0. The number of methoxy groups -OCH3 is 1. The average molecular weight is 422 g/mol. The molecular formula is C18H18N2O8S. The topological polar surface area (TPSA) is 125 Å². The molecule has 0 spiro atoms. The fourth-order valence-corrected chi connectivity index (χ4v) is 3.82. The first-order valence-electron chi connectivity index (χ1n) is 8.37. The zero-order chi connectivity index (χ0) is 21.2. The maximum absolute atomic E-state index is 12.4. The molecule has 0 fully saturated rings. The van der Waals surface area contributed by atoms with E-state index in [-0.39, 0.29) is 36.9 Å². The summed E-state index contributed by atoms with van der Waals surface area (Å²) >= 11 is 0. The quantitative estimate of drug-likeness (QED) is 0.394. The Morgan fingerprint density at radius 2 is 1.97 bits per heavy atom. The minimum atomic E-state index is -3.75. The predicted octanol–water partition coefficient (Wildman–Crippen LogP) is 2.21. The summed E-state index contributed by atoms with van der Waals surface area (Å²) in [6.45, 7) is -0.109. The van der Waals surface area contributed by atoms with Gasteiger partial charge in [0, 0.05) is 23.3 Å². The molecule has 2 aromatic carbocycles. The van der Waals surface area contributed by atoms with E-state index in [9.17, 15) is 23.3 Å². The van der Waals surface area contributed by atoms with E-state index in [0.717, 1.165) is 10.6 Å². The zero-order valence-corrected chi connectivity index (χ0v) is 16.5. The second-order valence-electron chi connectivity index (χ2n) is 6.27. The molecule has 1 heterocycles. The summed E-state index contributed by atoms with van der Waals surface area (Å²) < 4.78 is 41.2. The second kappa shape index (κ2) is 8.05. The number of nitro benzene ring substituents is 1. The van der Waals surface area contributed by atoms with E-state index in [0.29, 0.717) is 16.9 Å². The van der Waals surface area contributed by atoms with Gasteiger partial charge in [-0.1, -0.05) is 0 Å². The van der Waals surface area contributed by atoms with Crippen LogP contribution in [-0.2, 0) is 32.6 Å². The highest BCUT2D eigenvalue weighted by Crippen LogP contribution is 2.34. The third kappa shape index (κ3) is 4.46. The van der Waals surface area contributed by atoms with Crippen molar-refractivity contribution in [3.05, 3.63) is 63.2 Å². The molecule has 29 heavy (non-hydrogen) atoms. The van der Waals surface area contributed by atoms with Crippen molar-refractivity contribution >= 4 is 27.4 Å². The van der Waals surface area contributed by atoms with Crippen molar-refractivity contribution in [3.8, 4) is 5.75 Å². The molecule has 2 aromatic rings. The maximum atomic E-state index is 12.4. The number of non-ortho nitro benzene ring substituents is 1. The molecule has 0 saturated heterocycles. The summed E-state index contributed by atoms with van der Waals surface area (Å²) in [5, 5.41) is 11.3. The third-order valence-corrected chi connectivity index (χ3v) is 5.41. The molecule has 0 bridgehead atoms. The molecule has 0 unspecified atom stereocenters. The van der Waals surface area contributed by atoms with Gasteiger partial charge < -0.3 is 14.2 Å². The van der Waals surface area contributed by atoms with Gasteiger partial charge in [0.05, 0.1) is 42.7 Å². The minimum absolute atomic E-state index is 0.0372. The molecule has 0 radical (unpaired) electrons. The van der Waals surface area contributed by atoms with Crippen LogP contribution in [0.2, 0.25) is 0 Å². The largest absolute Gasteiger partial charge is 0.467 e. The molecule has 3 rings (SSSR count). The number of hydrogen-bond acceptors (Lipinski definition) is 8. The molecule has 154 valence electrons. The highest BCUT2D eigenvalue weighted by atomic mass is 32.2. The van der Waals surface area contributed by atoms with Crippen molar-refractivity contribution in [2.24, 2.45) is 0 Å². The molecule has 0 atom stereocenters. The predicted molar refractivity (Wildman–Crippen MR) is 102 cm³/mol. The number of anilines is 1. The molecule has 0 N–H and O–H groups in total. The van der Waals surface area contributed by atoms with E-state index in [2.05, 4.69) is 4.74 Å². The first-order chi connectivity index (χ1) is 13.7. The fourth-order valence-electron chi connectivity index (χ4n) is 2.94. The van der Waals surface area contributed by atoms with Crippen molar-refractivity contribution in [1.29, 1.82) is 0 Å². The number of sulfonamides is 1. The number of fused-ring (bicyclic) bond motifs is 1. The van der Waals surface area contributed by atoms with Gasteiger partial charge in [0.1, 0.15) is 5.75 Å². The Labute approximate surface area is 166 Å². The van der Waals surface area contributed by atoms with Crippen molar-refractivity contribution in [2.45, 2.75) is 13.2 Å². The Balaban J connectivity index is 2.03. The number of nitrogens with zero attached hydrogens (tertiary/aromatic N) is 2. The van der Waals surface area contributed by atoms with Gasteiger partial charge in [0.25, 0.3) is 5.69 Å². The molecule has 1 aliphatic rings. The minimum Gasteiger partial charge on any atom is -0.467 e. The van der Waals surface area contributed by atoms with Gasteiger partial charge in [-0.25, -0.2) is 13.2 Å². The SMILES string of the molecule is COC(=O)c1ccc(N(Cc2cc([N+](=O)[O-])cc3c2OCOC3)S(C)(=O)=O)cc1. The molecule has 0 aliphatic carbocycles. The van der Waals surface area contributed by atoms with E-state index in [1.54, 1.807) is 0 Å². The molecule has 11 heteroatoms. The maximum Gasteiger partial charge on any atom is 0.337 e. The lowest BCUT2D eigenvalue weighted by Gasteiger charge is -2.26. The average Bonchev–Trinajstić information content (AvgIpc) is 2.70. The standard InChI is InChI=1S/C18H18N2O8S/c1-26-18(21)12-3-5-15(6-4-12)19(29(2,24)25)9-13-7-16(20(22)23)8-14-10-27-11-28-17(13)14/h3-8H,9-11H2,1-2H3. The van der Waals surface area contributed by atoms with E-state index in [1.807, 2.05) is 0 Å². The highest BCUT2D eigenvalue weighted by molar-refractivity contribution is 7.92. The van der Waals surface area contributed by atoms with Crippen molar-refractivity contribution < 1.29 is 32.3 Å². The number of esters is 1. The summed E-state index contributed by atoms with van der Waals surface area (Å²) in [7, 11) is -2.51. The van der Waals surface area contributed by atoms with Crippen LogP contribution in [0.25, 0.3) is 0 Å². The molecule has 0 saturated carbocycles. The Kier molecular flexibility index (Phi) is 5.71. The van der Waals surface area contributed by atoms with E-state index in [4.69, 9.17) is 9.47 Å². The van der Waals surface area contributed by atoms with Crippen LogP contribution in [0.15, 0.2) is 36.4 Å². The van der Waals surface area contributed by atoms with Crippen LogP contribution in [0.4, 0.5) is 11.4 Å². The van der Waals surface area contributed by atoms with Gasteiger partial charge in [-0.2, -0.15) is 0 Å². The lowest BCUT2D eigenvalue weighted by Crippen LogP contribution is -2.30. The highest BCUT2D eigenvalue weighted by Gasteiger charge is 2.25. The summed E-state index contributed by atoms with van der Waals surface area (Å²) in [4.78, 5) is 22.3. The molecule has 0 amide bonds. The lowest BCUT2D eigenvalue weighted by atomic mass is 10.1. The Morgan fingerprint density at radius 3 is 2.55 bits per heavy atom. The van der Waals surface area contributed by atoms with Crippen LogP contribution in [0.3, 0.4) is 0 Å². The molecule has 0 aromatic heterocycles. The number of ether oxygens (including phenoxy) is 3. The Bertz CT molecular complexity index is 1050. The van der Waals surface area contributed by atoms with Crippen molar-refractivity contribution in [3.63, 3.8) is 0 Å². The smallest absolute Gasteiger partial charge is 0.337 e. The van der Waals surface area contributed by atoms with Crippen LogP contribution < -0.4 is 9.04 Å².